The summed E-state index contributed by atoms with van der Waals surface area (Å²) >= 11 is 0. The molecule has 0 saturated heterocycles. The molecular weight excluding hydrogens is 363 g/mol. The molecule has 2 nitrogen and oxygen atoms in total. The first kappa shape index (κ1) is 22.1. The molecule has 2 fully saturated rings. The molecule has 0 aromatic heterocycles. The lowest BCUT2D eigenvalue weighted by Crippen LogP contribution is -2.18. The third-order valence-corrected chi connectivity index (χ3v) is 7.30. The van der Waals surface area contributed by atoms with Gasteiger partial charge in [0.1, 0.15) is 5.82 Å². The molecule has 0 bridgehead atoms. The highest BCUT2D eigenvalue weighted by Gasteiger charge is 2.24. The number of halogens is 1. The Hall–Kier alpha value is -1.64. The van der Waals surface area contributed by atoms with Crippen LogP contribution in [0, 0.1) is 29.5 Å². The van der Waals surface area contributed by atoms with Gasteiger partial charge in [-0.3, -0.25) is 4.79 Å². The molecule has 1 N–H and O–H groups in total. The van der Waals surface area contributed by atoms with Crippen molar-refractivity contribution in [3.8, 4) is 0 Å². The quantitative estimate of drug-likeness (QED) is 0.446. The number of carboxylic acid groups (broad SMARTS) is 1. The summed E-state index contributed by atoms with van der Waals surface area (Å²) in [7, 11) is 0. The minimum atomic E-state index is -0.736. The SMILES string of the molecule is O=C(O)CC=C[C@H]1CC[C@H](CC[C@H]2CC[C@H](CCc3ccc(F)cc3)CC2)CC1. The van der Waals surface area contributed by atoms with E-state index in [1.165, 1.54) is 76.2 Å². The zero-order valence-electron chi connectivity index (χ0n) is 17.7. The van der Waals surface area contributed by atoms with E-state index < -0.39 is 5.97 Å². The van der Waals surface area contributed by atoms with Gasteiger partial charge in [-0.05, 0) is 79.9 Å². The Kier molecular flexibility index (Phi) is 8.76. The standard InChI is InChI=1S/C26H37FO2/c27-25-18-16-24(17-19-25)15-14-23-12-10-22(11-13-23)9-8-21-6-4-20(5-7-21)2-1-3-26(28)29/h1-2,16-23H,3-15H2,(H,28,29)/t20-,21-,22-,23-. The summed E-state index contributed by atoms with van der Waals surface area (Å²) in [5.41, 5.74) is 1.27. The number of carbonyl (C=O) groups is 1. The van der Waals surface area contributed by atoms with Gasteiger partial charge in [0.15, 0.2) is 0 Å². The fourth-order valence-corrected chi connectivity index (χ4v) is 5.33. The van der Waals surface area contributed by atoms with Crippen molar-refractivity contribution in [2.75, 3.05) is 0 Å². The van der Waals surface area contributed by atoms with E-state index in [9.17, 15) is 9.18 Å². The Bertz CT molecular complexity index is 635. The third-order valence-electron chi connectivity index (χ3n) is 7.30. The summed E-state index contributed by atoms with van der Waals surface area (Å²) in [5.74, 6) is 2.38. The summed E-state index contributed by atoms with van der Waals surface area (Å²) in [4.78, 5) is 10.6. The number of carboxylic acids is 1. The van der Waals surface area contributed by atoms with Crippen LogP contribution in [0.2, 0.25) is 0 Å². The van der Waals surface area contributed by atoms with E-state index in [0.717, 1.165) is 24.2 Å². The second-order valence-electron chi connectivity index (χ2n) is 9.44. The van der Waals surface area contributed by atoms with E-state index in [1.54, 1.807) is 12.1 Å². The van der Waals surface area contributed by atoms with Crippen LogP contribution in [0.15, 0.2) is 36.4 Å². The maximum atomic E-state index is 13.0. The van der Waals surface area contributed by atoms with Gasteiger partial charge in [-0.25, -0.2) is 4.39 Å². The molecule has 0 amide bonds. The second kappa shape index (κ2) is 11.5. The van der Waals surface area contributed by atoms with Crippen molar-refractivity contribution < 1.29 is 14.3 Å². The van der Waals surface area contributed by atoms with Crippen LogP contribution in [0.1, 0.15) is 82.6 Å². The van der Waals surface area contributed by atoms with Crippen molar-refractivity contribution in [1.29, 1.82) is 0 Å². The van der Waals surface area contributed by atoms with Gasteiger partial charge in [-0.2, -0.15) is 0 Å². The van der Waals surface area contributed by atoms with Crippen molar-refractivity contribution in [1.82, 2.24) is 0 Å². The molecule has 3 rings (SSSR count). The van der Waals surface area contributed by atoms with Crippen LogP contribution in [-0.4, -0.2) is 11.1 Å². The molecule has 0 atom stereocenters. The van der Waals surface area contributed by atoms with Gasteiger partial charge in [-0.1, -0.05) is 62.8 Å². The minimum Gasteiger partial charge on any atom is -0.481 e. The molecule has 2 aliphatic rings. The molecule has 0 heterocycles. The zero-order chi connectivity index (χ0) is 20.5. The lowest BCUT2D eigenvalue weighted by Gasteiger charge is -2.31. The van der Waals surface area contributed by atoms with E-state index in [0.29, 0.717) is 5.92 Å². The second-order valence-corrected chi connectivity index (χ2v) is 9.44. The fourth-order valence-electron chi connectivity index (χ4n) is 5.33. The molecule has 0 aliphatic heterocycles. The summed E-state index contributed by atoms with van der Waals surface area (Å²) in [6.45, 7) is 0. The van der Waals surface area contributed by atoms with Crippen molar-refractivity contribution in [2.24, 2.45) is 23.7 Å². The van der Waals surface area contributed by atoms with Gasteiger partial charge in [0, 0.05) is 0 Å². The van der Waals surface area contributed by atoms with Crippen LogP contribution >= 0.6 is 0 Å². The summed E-state index contributed by atoms with van der Waals surface area (Å²) in [6, 6.07) is 7.01. The molecule has 160 valence electrons. The van der Waals surface area contributed by atoms with Crippen LogP contribution in [-0.2, 0) is 11.2 Å². The third kappa shape index (κ3) is 7.95. The number of allylic oxidation sites excluding steroid dienone is 1. The van der Waals surface area contributed by atoms with Crippen molar-refractivity contribution in [3.05, 3.63) is 47.8 Å². The normalized spacial score (nSPS) is 27.9. The van der Waals surface area contributed by atoms with Crippen LogP contribution < -0.4 is 0 Å². The first-order chi connectivity index (χ1) is 14.1. The highest BCUT2D eigenvalue weighted by atomic mass is 19.1. The Balaban J connectivity index is 1.26. The van der Waals surface area contributed by atoms with E-state index in [4.69, 9.17) is 5.11 Å². The van der Waals surface area contributed by atoms with E-state index in [-0.39, 0.29) is 12.2 Å². The predicted molar refractivity (Wildman–Crippen MR) is 116 cm³/mol. The topological polar surface area (TPSA) is 37.3 Å². The van der Waals surface area contributed by atoms with Crippen LogP contribution in [0.25, 0.3) is 0 Å². The molecule has 0 spiro atoms. The van der Waals surface area contributed by atoms with Crippen molar-refractivity contribution in [2.45, 2.75) is 83.5 Å². The average molecular weight is 401 g/mol. The monoisotopic (exact) mass is 400 g/mol. The molecule has 1 aromatic carbocycles. The molecule has 3 heteroatoms. The van der Waals surface area contributed by atoms with Gasteiger partial charge in [0.2, 0.25) is 0 Å². The summed E-state index contributed by atoms with van der Waals surface area (Å²) in [6.07, 6.45) is 19.9. The largest absolute Gasteiger partial charge is 0.481 e. The van der Waals surface area contributed by atoms with Crippen LogP contribution in [0.4, 0.5) is 4.39 Å². The van der Waals surface area contributed by atoms with E-state index >= 15 is 0 Å². The predicted octanol–water partition coefficient (Wildman–Crippen LogP) is 7.18. The lowest BCUT2D eigenvalue weighted by atomic mass is 9.74. The number of aliphatic carboxylic acids is 1. The van der Waals surface area contributed by atoms with Gasteiger partial charge in [0.05, 0.1) is 6.42 Å². The Morgan fingerprint density at radius 1 is 0.862 bits per heavy atom. The zero-order valence-corrected chi connectivity index (χ0v) is 17.7. The number of benzene rings is 1. The summed E-state index contributed by atoms with van der Waals surface area (Å²) < 4.78 is 13.0. The van der Waals surface area contributed by atoms with Crippen molar-refractivity contribution >= 4 is 5.97 Å². The van der Waals surface area contributed by atoms with Crippen molar-refractivity contribution in [3.63, 3.8) is 0 Å². The Morgan fingerprint density at radius 3 is 1.93 bits per heavy atom. The van der Waals surface area contributed by atoms with Crippen LogP contribution in [0.3, 0.4) is 0 Å². The van der Waals surface area contributed by atoms with E-state index in [1.807, 2.05) is 18.2 Å². The number of hydrogen-bond acceptors (Lipinski definition) is 1. The smallest absolute Gasteiger partial charge is 0.307 e. The molecule has 0 radical (unpaired) electrons. The Morgan fingerprint density at radius 2 is 1.38 bits per heavy atom. The average Bonchev–Trinajstić information content (AvgIpc) is 2.73. The van der Waals surface area contributed by atoms with Gasteiger partial charge in [-0.15, -0.1) is 0 Å². The molecular formula is C26H37FO2. The van der Waals surface area contributed by atoms with E-state index in [2.05, 4.69) is 6.08 Å². The number of hydrogen-bond donors (Lipinski definition) is 1. The molecule has 0 unspecified atom stereocenters. The van der Waals surface area contributed by atoms with Gasteiger partial charge >= 0.3 is 5.97 Å². The first-order valence-electron chi connectivity index (χ1n) is 11.7. The highest BCUT2D eigenvalue weighted by molar-refractivity contribution is 5.68. The number of aryl methyl sites for hydroxylation is 1. The summed E-state index contributed by atoms with van der Waals surface area (Å²) in [5, 5.41) is 8.72. The Labute approximate surface area is 175 Å². The molecule has 1 aromatic rings. The molecule has 2 saturated carbocycles. The van der Waals surface area contributed by atoms with Gasteiger partial charge in [0.25, 0.3) is 0 Å². The van der Waals surface area contributed by atoms with Gasteiger partial charge < -0.3 is 5.11 Å². The minimum absolute atomic E-state index is 0.141. The maximum absolute atomic E-state index is 13.0. The molecule has 2 aliphatic carbocycles. The number of rotatable bonds is 9. The first-order valence-corrected chi connectivity index (χ1v) is 11.7. The molecule has 29 heavy (non-hydrogen) atoms. The lowest BCUT2D eigenvalue weighted by molar-refractivity contribution is -0.136. The fraction of sp³-hybridized carbons (Fsp3) is 0.654. The maximum Gasteiger partial charge on any atom is 0.307 e. The highest BCUT2D eigenvalue weighted by Crippen LogP contribution is 2.37. The van der Waals surface area contributed by atoms with Crippen LogP contribution in [0.5, 0.6) is 0 Å².